The van der Waals surface area contributed by atoms with Gasteiger partial charge in [0.2, 0.25) is 5.91 Å². The maximum absolute atomic E-state index is 12.2. The summed E-state index contributed by atoms with van der Waals surface area (Å²) < 4.78 is 36.5. The molecule has 4 nitrogen and oxygen atoms in total. The van der Waals surface area contributed by atoms with Crippen LogP contribution in [0.2, 0.25) is 0 Å². The molecule has 0 heterocycles. The standard InChI is InChI=1S/C18H17F3N2O2/c19-18(20,21)17(25)22-12-14-7-4-8-15(11-14)23-16(24)10-9-13-5-2-1-3-6-13/h1-8,11H,9-10,12H2,(H,22,25)(H,23,24). The molecule has 2 N–H and O–H groups in total. The zero-order valence-corrected chi connectivity index (χ0v) is 13.3. The van der Waals surface area contributed by atoms with E-state index in [1.54, 1.807) is 23.5 Å². The van der Waals surface area contributed by atoms with Gasteiger partial charge in [0.15, 0.2) is 0 Å². The molecule has 0 aliphatic carbocycles. The number of nitrogens with one attached hydrogen (secondary N) is 2. The fraction of sp³-hybridized carbons (Fsp3) is 0.222. The molecular formula is C18H17F3N2O2. The van der Waals surface area contributed by atoms with Crippen LogP contribution in [0.25, 0.3) is 0 Å². The van der Waals surface area contributed by atoms with Crippen molar-refractivity contribution in [3.8, 4) is 0 Å². The minimum Gasteiger partial charge on any atom is -0.344 e. The first-order chi connectivity index (χ1) is 11.8. The number of hydrogen-bond acceptors (Lipinski definition) is 2. The predicted molar refractivity (Wildman–Crippen MR) is 87.7 cm³/mol. The number of carbonyl (C=O) groups excluding carboxylic acids is 2. The summed E-state index contributed by atoms with van der Waals surface area (Å²) in [4.78, 5) is 22.8. The van der Waals surface area contributed by atoms with Crippen molar-refractivity contribution in [1.82, 2.24) is 5.32 Å². The zero-order chi connectivity index (χ0) is 18.3. The van der Waals surface area contributed by atoms with E-state index in [1.165, 1.54) is 6.07 Å². The molecule has 0 atom stereocenters. The van der Waals surface area contributed by atoms with E-state index >= 15 is 0 Å². The lowest BCUT2D eigenvalue weighted by atomic mass is 10.1. The average Bonchev–Trinajstić information content (AvgIpc) is 2.58. The van der Waals surface area contributed by atoms with Crippen molar-refractivity contribution < 1.29 is 22.8 Å². The highest BCUT2D eigenvalue weighted by atomic mass is 19.4. The first kappa shape index (κ1) is 18.5. The summed E-state index contributed by atoms with van der Waals surface area (Å²) in [7, 11) is 0. The maximum Gasteiger partial charge on any atom is 0.471 e. The van der Waals surface area contributed by atoms with Crippen molar-refractivity contribution in [1.29, 1.82) is 0 Å². The molecule has 132 valence electrons. The number of anilines is 1. The Kier molecular flexibility index (Phi) is 6.16. The van der Waals surface area contributed by atoms with Crippen LogP contribution in [0, 0.1) is 0 Å². The van der Waals surface area contributed by atoms with E-state index in [4.69, 9.17) is 0 Å². The normalized spacial score (nSPS) is 11.0. The molecule has 7 heteroatoms. The molecule has 2 aromatic rings. The van der Waals surface area contributed by atoms with Gasteiger partial charge in [0.05, 0.1) is 0 Å². The molecule has 0 saturated carbocycles. The number of aryl methyl sites for hydroxylation is 1. The molecule has 0 aromatic heterocycles. The Morgan fingerprint density at radius 2 is 1.60 bits per heavy atom. The summed E-state index contributed by atoms with van der Waals surface area (Å²) in [6.07, 6.45) is -4.03. The quantitative estimate of drug-likeness (QED) is 0.839. The van der Waals surface area contributed by atoms with Gasteiger partial charge in [-0.2, -0.15) is 13.2 Å². The summed E-state index contributed by atoms with van der Waals surface area (Å²) in [5.41, 5.74) is 1.97. The molecule has 0 fully saturated rings. The summed E-state index contributed by atoms with van der Waals surface area (Å²) in [6, 6.07) is 15.9. The number of amides is 2. The van der Waals surface area contributed by atoms with Crippen LogP contribution in [0.5, 0.6) is 0 Å². The predicted octanol–water partition coefficient (Wildman–Crippen LogP) is 3.44. The van der Waals surface area contributed by atoms with Crippen LogP contribution in [-0.2, 0) is 22.6 Å². The fourth-order valence-corrected chi connectivity index (χ4v) is 2.17. The second-order valence-electron chi connectivity index (χ2n) is 5.41. The molecule has 0 saturated heterocycles. The Balaban J connectivity index is 1.86. The van der Waals surface area contributed by atoms with Crippen molar-refractivity contribution in [3.05, 3.63) is 65.7 Å². The topological polar surface area (TPSA) is 58.2 Å². The van der Waals surface area contributed by atoms with E-state index in [0.29, 0.717) is 24.1 Å². The van der Waals surface area contributed by atoms with Crippen LogP contribution < -0.4 is 10.6 Å². The summed E-state index contributed by atoms with van der Waals surface area (Å²) in [6.45, 7) is -0.272. The van der Waals surface area contributed by atoms with Crippen molar-refractivity contribution in [2.45, 2.75) is 25.6 Å². The van der Waals surface area contributed by atoms with Gasteiger partial charge in [-0.05, 0) is 29.7 Å². The third-order valence-electron chi connectivity index (χ3n) is 3.40. The molecule has 0 aliphatic heterocycles. The number of alkyl halides is 3. The second kappa shape index (κ2) is 8.32. The second-order valence-corrected chi connectivity index (χ2v) is 5.41. The highest BCUT2D eigenvalue weighted by Gasteiger charge is 2.38. The number of halogens is 3. The molecular weight excluding hydrogens is 333 g/mol. The van der Waals surface area contributed by atoms with Crippen molar-refractivity contribution >= 4 is 17.5 Å². The lowest BCUT2D eigenvalue weighted by molar-refractivity contribution is -0.173. The largest absolute Gasteiger partial charge is 0.471 e. The summed E-state index contributed by atoms with van der Waals surface area (Å²) in [5, 5.41) is 4.49. The van der Waals surface area contributed by atoms with E-state index in [-0.39, 0.29) is 12.5 Å². The number of benzene rings is 2. The van der Waals surface area contributed by atoms with Gasteiger partial charge >= 0.3 is 12.1 Å². The van der Waals surface area contributed by atoms with E-state index in [2.05, 4.69) is 5.32 Å². The fourth-order valence-electron chi connectivity index (χ4n) is 2.17. The first-order valence-corrected chi connectivity index (χ1v) is 7.62. The van der Waals surface area contributed by atoms with E-state index in [1.807, 2.05) is 30.3 Å². The van der Waals surface area contributed by atoms with Crippen molar-refractivity contribution in [3.63, 3.8) is 0 Å². The highest BCUT2D eigenvalue weighted by molar-refractivity contribution is 5.90. The van der Waals surface area contributed by atoms with Gasteiger partial charge in [-0.3, -0.25) is 9.59 Å². The van der Waals surface area contributed by atoms with Crippen molar-refractivity contribution in [2.75, 3.05) is 5.32 Å². The summed E-state index contributed by atoms with van der Waals surface area (Å²) in [5.74, 6) is -2.19. The monoisotopic (exact) mass is 350 g/mol. The Labute approximate surface area is 143 Å². The van der Waals surface area contributed by atoms with Crippen molar-refractivity contribution in [2.24, 2.45) is 0 Å². The Hall–Kier alpha value is -2.83. The third-order valence-corrected chi connectivity index (χ3v) is 3.40. The molecule has 0 spiro atoms. The zero-order valence-electron chi connectivity index (χ0n) is 13.3. The highest BCUT2D eigenvalue weighted by Crippen LogP contribution is 2.16. The Morgan fingerprint density at radius 1 is 0.920 bits per heavy atom. The van der Waals surface area contributed by atoms with Gasteiger partial charge in [-0.25, -0.2) is 0 Å². The maximum atomic E-state index is 12.2. The van der Waals surface area contributed by atoms with Crippen LogP contribution in [-0.4, -0.2) is 18.0 Å². The van der Waals surface area contributed by atoms with E-state index in [0.717, 1.165) is 5.56 Å². The van der Waals surface area contributed by atoms with Gasteiger partial charge in [-0.15, -0.1) is 0 Å². The smallest absolute Gasteiger partial charge is 0.344 e. The van der Waals surface area contributed by atoms with Crippen LogP contribution in [0.1, 0.15) is 17.5 Å². The van der Waals surface area contributed by atoms with Crippen LogP contribution in [0.4, 0.5) is 18.9 Å². The number of hydrogen-bond donors (Lipinski definition) is 2. The lowest BCUT2D eigenvalue weighted by Crippen LogP contribution is -2.36. The van der Waals surface area contributed by atoms with Gasteiger partial charge in [0.25, 0.3) is 0 Å². The minimum absolute atomic E-state index is 0.194. The molecule has 0 unspecified atom stereocenters. The molecule has 2 rings (SSSR count). The van der Waals surface area contributed by atoms with E-state index in [9.17, 15) is 22.8 Å². The molecule has 0 radical (unpaired) electrons. The van der Waals surface area contributed by atoms with Crippen LogP contribution in [0.15, 0.2) is 54.6 Å². The molecule has 2 amide bonds. The lowest BCUT2D eigenvalue weighted by Gasteiger charge is -2.10. The Morgan fingerprint density at radius 3 is 2.28 bits per heavy atom. The van der Waals surface area contributed by atoms with Gasteiger partial charge in [-0.1, -0.05) is 42.5 Å². The van der Waals surface area contributed by atoms with E-state index < -0.39 is 12.1 Å². The van der Waals surface area contributed by atoms with Crippen LogP contribution in [0.3, 0.4) is 0 Å². The molecule has 0 aliphatic rings. The SMILES string of the molecule is O=C(CCc1ccccc1)Nc1cccc(CNC(=O)C(F)(F)F)c1. The summed E-state index contributed by atoms with van der Waals surface area (Å²) >= 11 is 0. The average molecular weight is 350 g/mol. The van der Waals surface area contributed by atoms with Gasteiger partial charge in [0, 0.05) is 18.7 Å². The molecule has 2 aromatic carbocycles. The molecule has 25 heavy (non-hydrogen) atoms. The van der Waals surface area contributed by atoms with Crippen LogP contribution >= 0.6 is 0 Å². The first-order valence-electron chi connectivity index (χ1n) is 7.62. The van der Waals surface area contributed by atoms with Gasteiger partial charge in [0.1, 0.15) is 0 Å². The minimum atomic E-state index is -4.91. The number of carbonyl (C=O) groups is 2. The third kappa shape index (κ3) is 6.29. The number of rotatable bonds is 6. The molecule has 0 bridgehead atoms. The Bertz CT molecular complexity index is 731. The van der Waals surface area contributed by atoms with Gasteiger partial charge < -0.3 is 10.6 Å².